The Morgan fingerprint density at radius 3 is 2.90 bits per heavy atom. The third-order valence-corrected chi connectivity index (χ3v) is 3.14. The van der Waals surface area contributed by atoms with E-state index in [9.17, 15) is 9.59 Å². The van der Waals surface area contributed by atoms with Crippen LogP contribution in [0.3, 0.4) is 0 Å². The van der Waals surface area contributed by atoms with Crippen LogP contribution >= 0.6 is 22.9 Å². The van der Waals surface area contributed by atoms with Gasteiger partial charge in [0.25, 0.3) is 5.91 Å². The molecule has 104 valence electrons. The minimum atomic E-state index is -0.716. The molecular weight excluding hydrogens is 304 g/mol. The van der Waals surface area contributed by atoms with Crippen molar-refractivity contribution in [2.45, 2.75) is 6.92 Å². The van der Waals surface area contributed by atoms with Gasteiger partial charge in [-0.25, -0.2) is 9.78 Å². The van der Waals surface area contributed by atoms with E-state index in [-0.39, 0.29) is 10.7 Å². The molecule has 20 heavy (non-hydrogen) atoms. The number of nitrogens with zero attached hydrogens (tertiary/aromatic N) is 3. The molecule has 0 atom stereocenters. The summed E-state index contributed by atoms with van der Waals surface area (Å²) in [5.74, 6) is -1.22. The number of esters is 1. The molecule has 0 unspecified atom stereocenters. The number of halogens is 1. The van der Waals surface area contributed by atoms with Gasteiger partial charge in [-0.2, -0.15) is 0 Å². The summed E-state index contributed by atoms with van der Waals surface area (Å²) < 4.78 is 4.83. The smallest absolute Gasteiger partial charge is 0.341 e. The third kappa shape index (κ3) is 3.72. The zero-order valence-corrected chi connectivity index (χ0v) is 11.9. The SMILES string of the molecule is Cc1nnc(NC(=O)COC(=O)c2cccnc2Cl)s1. The summed E-state index contributed by atoms with van der Waals surface area (Å²) in [6, 6.07) is 3.01. The molecule has 2 aromatic rings. The predicted molar refractivity (Wildman–Crippen MR) is 72.8 cm³/mol. The summed E-state index contributed by atoms with van der Waals surface area (Å²) in [5, 5.41) is 11.0. The lowest BCUT2D eigenvalue weighted by Gasteiger charge is -2.05. The fourth-order valence-electron chi connectivity index (χ4n) is 1.25. The molecule has 1 N–H and O–H groups in total. The Balaban J connectivity index is 1.87. The molecule has 9 heteroatoms. The average Bonchev–Trinajstić information content (AvgIpc) is 2.82. The summed E-state index contributed by atoms with van der Waals surface area (Å²) in [5.41, 5.74) is 0.105. The van der Waals surface area contributed by atoms with E-state index in [1.54, 1.807) is 13.0 Å². The highest BCUT2D eigenvalue weighted by Crippen LogP contribution is 2.14. The van der Waals surface area contributed by atoms with Gasteiger partial charge in [-0.15, -0.1) is 10.2 Å². The molecule has 0 aliphatic heterocycles. The van der Waals surface area contributed by atoms with Gasteiger partial charge in [-0.3, -0.25) is 10.1 Å². The standard InChI is InChI=1S/C11H9ClN4O3S/c1-6-15-16-11(20-6)14-8(17)5-19-10(18)7-3-2-4-13-9(7)12/h2-4H,5H2,1H3,(H,14,16,17). The monoisotopic (exact) mass is 312 g/mol. The van der Waals surface area contributed by atoms with Gasteiger partial charge in [0.15, 0.2) is 6.61 Å². The number of hydrogen-bond acceptors (Lipinski definition) is 7. The zero-order chi connectivity index (χ0) is 14.5. The largest absolute Gasteiger partial charge is 0.452 e. The van der Waals surface area contributed by atoms with E-state index < -0.39 is 18.5 Å². The maximum atomic E-state index is 11.7. The van der Waals surface area contributed by atoms with Crippen molar-refractivity contribution >= 4 is 39.9 Å². The van der Waals surface area contributed by atoms with Crippen LogP contribution in [0.5, 0.6) is 0 Å². The number of pyridine rings is 1. The topological polar surface area (TPSA) is 94.1 Å². The van der Waals surface area contributed by atoms with Crippen molar-refractivity contribution in [1.29, 1.82) is 0 Å². The molecule has 1 amide bonds. The highest BCUT2D eigenvalue weighted by Gasteiger charge is 2.14. The van der Waals surface area contributed by atoms with Gasteiger partial charge in [0.05, 0.1) is 5.56 Å². The van der Waals surface area contributed by atoms with E-state index in [2.05, 4.69) is 20.5 Å². The van der Waals surface area contributed by atoms with Gasteiger partial charge >= 0.3 is 5.97 Å². The van der Waals surface area contributed by atoms with Crippen LogP contribution in [0.15, 0.2) is 18.3 Å². The van der Waals surface area contributed by atoms with Gasteiger partial charge in [0, 0.05) is 6.20 Å². The van der Waals surface area contributed by atoms with Crippen LogP contribution in [0.2, 0.25) is 5.15 Å². The lowest BCUT2D eigenvalue weighted by molar-refractivity contribution is -0.119. The van der Waals surface area contributed by atoms with E-state index in [0.717, 1.165) is 5.01 Å². The van der Waals surface area contributed by atoms with Gasteiger partial charge in [-0.05, 0) is 19.1 Å². The van der Waals surface area contributed by atoms with Gasteiger partial charge in [0.2, 0.25) is 5.13 Å². The minimum absolute atomic E-state index is 0.0256. The van der Waals surface area contributed by atoms with Crippen molar-refractivity contribution in [3.05, 3.63) is 34.1 Å². The number of carbonyl (C=O) groups excluding carboxylic acids is 2. The number of anilines is 1. The molecule has 0 radical (unpaired) electrons. The summed E-state index contributed by atoms with van der Waals surface area (Å²) in [4.78, 5) is 27.0. The number of aryl methyl sites for hydroxylation is 1. The van der Waals surface area contributed by atoms with Crippen molar-refractivity contribution in [1.82, 2.24) is 15.2 Å². The summed E-state index contributed by atoms with van der Waals surface area (Å²) in [6.07, 6.45) is 1.45. The second kappa shape index (κ2) is 6.40. The van der Waals surface area contributed by atoms with Crippen LogP contribution in [0.4, 0.5) is 5.13 Å². The van der Waals surface area contributed by atoms with Crippen molar-refractivity contribution < 1.29 is 14.3 Å². The summed E-state index contributed by atoms with van der Waals surface area (Å²) in [6.45, 7) is 1.32. The maximum Gasteiger partial charge on any atom is 0.341 e. The molecule has 0 aliphatic rings. The van der Waals surface area contributed by atoms with Crippen molar-refractivity contribution in [3.63, 3.8) is 0 Å². The third-order valence-electron chi connectivity index (χ3n) is 2.09. The van der Waals surface area contributed by atoms with Crippen LogP contribution in [0.25, 0.3) is 0 Å². The van der Waals surface area contributed by atoms with Gasteiger partial charge in [0.1, 0.15) is 10.2 Å². The summed E-state index contributed by atoms with van der Waals surface area (Å²) in [7, 11) is 0. The highest BCUT2D eigenvalue weighted by atomic mass is 35.5. The van der Waals surface area contributed by atoms with Gasteiger partial charge in [-0.1, -0.05) is 22.9 Å². The molecular formula is C11H9ClN4O3S. The molecule has 2 rings (SSSR count). The number of carbonyl (C=O) groups is 2. The fraction of sp³-hybridized carbons (Fsp3) is 0.182. The number of amides is 1. The molecule has 0 fully saturated rings. The average molecular weight is 313 g/mol. The van der Waals surface area contributed by atoms with Crippen LogP contribution < -0.4 is 5.32 Å². The highest BCUT2D eigenvalue weighted by molar-refractivity contribution is 7.15. The Hall–Kier alpha value is -2.06. The first kappa shape index (κ1) is 14.4. The van der Waals surface area contributed by atoms with E-state index in [4.69, 9.17) is 16.3 Å². The second-order valence-electron chi connectivity index (χ2n) is 3.59. The van der Waals surface area contributed by atoms with Crippen LogP contribution in [0.1, 0.15) is 15.4 Å². The van der Waals surface area contributed by atoms with Crippen molar-refractivity contribution in [2.75, 3.05) is 11.9 Å². The second-order valence-corrected chi connectivity index (χ2v) is 5.13. The predicted octanol–water partition coefficient (Wildman–Crippen LogP) is 1.69. The number of ether oxygens (including phenoxy) is 1. The first-order valence-corrected chi connectivity index (χ1v) is 6.63. The quantitative estimate of drug-likeness (QED) is 0.682. The zero-order valence-electron chi connectivity index (χ0n) is 10.3. The summed E-state index contributed by atoms with van der Waals surface area (Å²) >= 11 is 6.96. The maximum absolute atomic E-state index is 11.7. The van der Waals surface area contributed by atoms with E-state index in [1.165, 1.54) is 23.6 Å². The number of rotatable bonds is 4. The van der Waals surface area contributed by atoms with Crippen LogP contribution in [-0.4, -0.2) is 33.7 Å². The molecule has 0 spiro atoms. The molecule has 0 aliphatic carbocycles. The van der Waals surface area contributed by atoms with Crippen LogP contribution in [-0.2, 0) is 9.53 Å². The number of aromatic nitrogens is 3. The lowest BCUT2D eigenvalue weighted by Crippen LogP contribution is -2.21. The Kier molecular flexibility index (Phi) is 4.59. The first-order valence-electron chi connectivity index (χ1n) is 5.44. The van der Waals surface area contributed by atoms with Crippen LogP contribution in [0, 0.1) is 6.92 Å². The first-order chi connectivity index (χ1) is 9.56. The lowest BCUT2D eigenvalue weighted by atomic mass is 10.3. The Morgan fingerprint density at radius 2 is 2.25 bits per heavy atom. The Morgan fingerprint density at radius 1 is 1.45 bits per heavy atom. The molecule has 0 aromatic carbocycles. The molecule has 2 heterocycles. The number of nitrogens with one attached hydrogen (secondary N) is 1. The van der Waals surface area contributed by atoms with E-state index in [1.807, 2.05) is 0 Å². The van der Waals surface area contributed by atoms with Crippen molar-refractivity contribution in [3.8, 4) is 0 Å². The molecule has 0 saturated heterocycles. The van der Waals surface area contributed by atoms with Crippen molar-refractivity contribution in [2.24, 2.45) is 0 Å². The fourth-order valence-corrected chi connectivity index (χ4v) is 2.05. The number of hydrogen-bond donors (Lipinski definition) is 1. The minimum Gasteiger partial charge on any atom is -0.452 e. The molecule has 7 nitrogen and oxygen atoms in total. The van der Waals surface area contributed by atoms with E-state index in [0.29, 0.717) is 5.13 Å². The van der Waals surface area contributed by atoms with E-state index >= 15 is 0 Å². The molecule has 0 bridgehead atoms. The molecule has 2 aromatic heterocycles. The Bertz CT molecular complexity index is 646. The molecule has 0 saturated carbocycles. The Labute approximate surface area is 123 Å². The normalized spacial score (nSPS) is 10.1. The van der Waals surface area contributed by atoms with Gasteiger partial charge < -0.3 is 4.74 Å².